The SMILES string of the molecule is COCc1cc(SCC2=C(C(=O)OCc3ccc(OC)cc3)N3C(=O)[C@@H](NC(=O)/C(=N\OC)c4csc(N)n4)[C@H]3SC2)c(OC)c[n+]1NC(=O)OC(C)(C)C. The van der Waals surface area contributed by atoms with E-state index >= 15 is 0 Å². The lowest BCUT2D eigenvalue weighted by molar-refractivity contribution is -0.653. The monoisotopic (exact) mass is 816 g/mol. The third-order valence-corrected chi connectivity index (χ3v) is 11.0. The largest absolute Gasteiger partial charge is 0.497 e. The van der Waals surface area contributed by atoms with Crippen LogP contribution in [-0.2, 0) is 46.6 Å². The highest BCUT2D eigenvalue weighted by Crippen LogP contribution is 2.43. The number of pyridine rings is 1. The minimum atomic E-state index is -0.979. The molecule has 294 valence electrons. The van der Waals surface area contributed by atoms with E-state index in [-0.39, 0.29) is 41.2 Å². The summed E-state index contributed by atoms with van der Waals surface area (Å²) in [6.45, 7) is 5.36. The number of β-lactam (4-membered cyclic amide) rings is 1. The fraction of sp³-hybridized carbons (Fsp3) is 0.400. The van der Waals surface area contributed by atoms with Crippen LogP contribution in [-0.4, -0.2) is 96.4 Å². The summed E-state index contributed by atoms with van der Waals surface area (Å²) in [5.41, 5.74) is 9.79. The first-order valence-electron chi connectivity index (χ1n) is 16.6. The molecule has 1 aromatic carbocycles. The van der Waals surface area contributed by atoms with Crippen LogP contribution in [0.5, 0.6) is 11.5 Å². The minimum absolute atomic E-state index is 0.0576. The third kappa shape index (κ3) is 9.99. The zero-order valence-corrected chi connectivity index (χ0v) is 33.6. The average molecular weight is 817 g/mol. The first-order chi connectivity index (χ1) is 26.3. The number of methoxy groups -OCH3 is 3. The number of nitrogens with one attached hydrogen (secondary N) is 2. The van der Waals surface area contributed by atoms with Gasteiger partial charge >= 0.3 is 12.1 Å². The van der Waals surface area contributed by atoms with Gasteiger partial charge in [0.05, 0.1) is 19.1 Å². The number of fused-ring (bicyclic) bond motifs is 1. The predicted octanol–water partition coefficient (Wildman–Crippen LogP) is 3.20. The summed E-state index contributed by atoms with van der Waals surface area (Å²) in [4.78, 5) is 64.7. The Labute approximate surface area is 329 Å². The van der Waals surface area contributed by atoms with Crippen LogP contribution in [0.4, 0.5) is 9.93 Å². The van der Waals surface area contributed by atoms with E-state index in [0.29, 0.717) is 39.0 Å². The van der Waals surface area contributed by atoms with Crippen molar-refractivity contribution in [3.63, 3.8) is 0 Å². The molecule has 3 aromatic rings. The topological polar surface area (TPSA) is 206 Å². The van der Waals surface area contributed by atoms with Crippen LogP contribution in [0, 0.1) is 0 Å². The Morgan fingerprint density at radius 1 is 1.11 bits per heavy atom. The second kappa shape index (κ2) is 18.1. The average Bonchev–Trinajstić information content (AvgIpc) is 3.59. The number of oxime groups is 1. The molecule has 0 saturated carbocycles. The Morgan fingerprint density at radius 2 is 1.85 bits per heavy atom. The Morgan fingerprint density at radius 3 is 2.47 bits per heavy atom. The summed E-state index contributed by atoms with van der Waals surface area (Å²) in [6, 6.07) is 7.87. The molecular formula is C35H42N7O10S3+. The molecule has 4 heterocycles. The molecule has 0 aliphatic carbocycles. The van der Waals surface area contributed by atoms with Gasteiger partial charge in [0, 0.05) is 30.1 Å². The van der Waals surface area contributed by atoms with E-state index in [1.54, 1.807) is 69.8 Å². The Balaban J connectivity index is 1.41. The van der Waals surface area contributed by atoms with Crippen molar-refractivity contribution in [2.45, 2.75) is 55.9 Å². The van der Waals surface area contributed by atoms with Crippen LogP contribution in [0.25, 0.3) is 0 Å². The maximum absolute atomic E-state index is 13.9. The lowest BCUT2D eigenvalue weighted by Gasteiger charge is -2.49. The molecule has 17 nitrogen and oxygen atoms in total. The second-order valence-electron chi connectivity index (χ2n) is 12.8. The van der Waals surface area contributed by atoms with E-state index < -0.39 is 40.9 Å². The number of hydrogen-bond donors (Lipinski definition) is 3. The van der Waals surface area contributed by atoms with Crippen molar-refractivity contribution in [3.05, 3.63) is 70.1 Å². The van der Waals surface area contributed by atoms with Gasteiger partial charge in [0.2, 0.25) is 11.9 Å². The molecule has 2 aromatic heterocycles. The van der Waals surface area contributed by atoms with E-state index in [0.717, 1.165) is 11.3 Å². The first-order valence-corrected chi connectivity index (χ1v) is 19.5. The van der Waals surface area contributed by atoms with Crippen molar-refractivity contribution in [2.75, 3.05) is 51.1 Å². The number of carbonyl (C=O) groups excluding carboxylic acids is 4. The number of anilines is 1. The molecule has 3 amide bonds. The molecule has 2 aliphatic rings. The van der Waals surface area contributed by atoms with Crippen LogP contribution in [0.15, 0.2) is 63.2 Å². The number of nitrogen functional groups attached to an aromatic ring is 1. The predicted molar refractivity (Wildman–Crippen MR) is 205 cm³/mol. The number of esters is 1. The molecule has 4 N–H and O–H groups in total. The van der Waals surface area contributed by atoms with Gasteiger partial charge < -0.3 is 39.6 Å². The number of carbonyl (C=O) groups is 4. The number of nitrogens with zero attached hydrogens (tertiary/aromatic N) is 4. The van der Waals surface area contributed by atoms with Gasteiger partial charge in [-0.2, -0.15) is 0 Å². The maximum Gasteiger partial charge on any atom is 0.461 e. The van der Waals surface area contributed by atoms with Crippen LogP contribution < -0.4 is 30.6 Å². The zero-order valence-electron chi connectivity index (χ0n) is 31.2. The highest BCUT2D eigenvalue weighted by atomic mass is 32.2. The molecule has 1 fully saturated rings. The number of ether oxygens (including phenoxy) is 5. The number of aromatic nitrogens is 2. The molecule has 0 unspecified atom stereocenters. The van der Waals surface area contributed by atoms with E-state index in [1.807, 2.05) is 0 Å². The molecule has 0 bridgehead atoms. The van der Waals surface area contributed by atoms with Crippen LogP contribution >= 0.6 is 34.9 Å². The number of benzene rings is 1. The fourth-order valence-corrected chi connectivity index (χ4v) is 8.46. The first kappa shape index (κ1) is 41.1. The molecule has 0 spiro atoms. The van der Waals surface area contributed by atoms with Gasteiger partial charge in [-0.05, 0) is 44.0 Å². The van der Waals surface area contributed by atoms with Crippen LogP contribution in [0.2, 0.25) is 0 Å². The van der Waals surface area contributed by atoms with Gasteiger partial charge in [-0.25, -0.2) is 14.6 Å². The smallest absolute Gasteiger partial charge is 0.461 e. The summed E-state index contributed by atoms with van der Waals surface area (Å²) in [5, 5.41) is 7.70. The van der Waals surface area contributed by atoms with Crippen molar-refractivity contribution in [1.82, 2.24) is 15.2 Å². The summed E-state index contributed by atoms with van der Waals surface area (Å²) < 4.78 is 28.9. The van der Waals surface area contributed by atoms with Gasteiger partial charge in [-0.1, -0.05) is 27.4 Å². The zero-order chi connectivity index (χ0) is 39.9. The van der Waals surface area contributed by atoms with Gasteiger partial charge in [-0.15, -0.1) is 34.9 Å². The Kier molecular flexibility index (Phi) is 13.5. The van der Waals surface area contributed by atoms with Crippen LogP contribution in [0.3, 0.4) is 0 Å². The van der Waals surface area contributed by atoms with Crippen LogP contribution in [0.1, 0.15) is 37.7 Å². The number of thiazole rings is 1. The maximum atomic E-state index is 13.9. The summed E-state index contributed by atoms with van der Waals surface area (Å²) in [7, 11) is 5.86. The number of rotatable bonds is 15. The number of thioether (sulfide) groups is 2. The molecule has 2 aliphatic heterocycles. The van der Waals surface area contributed by atoms with Gasteiger partial charge in [-0.3, -0.25) is 14.5 Å². The second-order valence-corrected chi connectivity index (χ2v) is 15.8. The fourth-order valence-electron chi connectivity index (χ4n) is 5.37. The standard InChI is InChI=1S/C35H41N7O10S3/c1-35(2,3)52-34(46)39-41-13-24(49-6)25(12-21(41)15-47-4)53-16-20-17-54-31-27(38-29(43)26(40-50-7)23-18-55-33(36)37-23)30(44)42(31)28(20)32(45)51-14-19-8-10-22(48-5)11-9-19/h8-13,18,27,31H,14-17H2,1-7H3,(H3-,36,37,38,39,43,46)/p+1/b40-26-/t27-,31-/m1/s1. The molecule has 55 heavy (non-hydrogen) atoms. The summed E-state index contributed by atoms with van der Waals surface area (Å²) >= 11 is 3.87. The molecule has 2 atom stereocenters. The van der Waals surface area contributed by atoms with E-state index in [2.05, 4.69) is 20.9 Å². The molecule has 20 heteroatoms. The van der Waals surface area contributed by atoms with Crippen molar-refractivity contribution in [3.8, 4) is 11.5 Å². The number of nitrogens with two attached hydrogens (primary N) is 1. The van der Waals surface area contributed by atoms with E-state index in [1.165, 1.54) is 54.4 Å². The lowest BCUT2D eigenvalue weighted by Crippen LogP contribution is -2.71. The quantitative estimate of drug-likeness (QED) is 0.0504. The number of amides is 3. The van der Waals surface area contributed by atoms with E-state index in [9.17, 15) is 19.2 Å². The summed E-state index contributed by atoms with van der Waals surface area (Å²) in [5.74, 6) is -0.234. The van der Waals surface area contributed by atoms with Crippen molar-refractivity contribution in [2.24, 2.45) is 5.16 Å². The summed E-state index contributed by atoms with van der Waals surface area (Å²) in [6.07, 6.45) is 0.927. The highest BCUT2D eigenvalue weighted by Gasteiger charge is 2.54. The molecular weight excluding hydrogens is 775 g/mol. The van der Waals surface area contributed by atoms with Gasteiger partial charge in [0.25, 0.3) is 11.8 Å². The molecule has 1 saturated heterocycles. The number of hydrogen-bond acceptors (Lipinski definition) is 16. The van der Waals surface area contributed by atoms with Crippen molar-refractivity contribution < 1.29 is 52.4 Å². The lowest BCUT2D eigenvalue weighted by atomic mass is 10.0. The van der Waals surface area contributed by atoms with Gasteiger partial charge in [0.15, 0.2) is 16.6 Å². The van der Waals surface area contributed by atoms with Gasteiger partial charge in [0.1, 0.15) is 54.5 Å². The highest BCUT2D eigenvalue weighted by molar-refractivity contribution is 8.01. The third-order valence-electron chi connectivity index (χ3n) is 7.84. The van der Waals surface area contributed by atoms with Crippen molar-refractivity contribution in [1.29, 1.82) is 0 Å². The molecule has 5 rings (SSSR count). The minimum Gasteiger partial charge on any atom is -0.497 e. The normalized spacial score (nSPS) is 16.8. The van der Waals surface area contributed by atoms with E-state index in [4.69, 9.17) is 34.3 Å². The van der Waals surface area contributed by atoms with Crippen molar-refractivity contribution >= 4 is 69.6 Å². The Hall–Kier alpha value is -5.05. The Bertz CT molecular complexity index is 1980. The molecule has 0 radical (unpaired) electrons.